The number of fused-ring (bicyclic) bond motifs is 1. The molecule has 9 heteroatoms. The quantitative estimate of drug-likeness (QED) is 0.663. The Labute approximate surface area is 157 Å². The van der Waals surface area contributed by atoms with E-state index < -0.39 is 16.0 Å². The van der Waals surface area contributed by atoms with Crippen molar-refractivity contribution in [1.82, 2.24) is 13.5 Å². The van der Waals surface area contributed by atoms with Crippen molar-refractivity contribution in [2.24, 2.45) is 7.05 Å². The Balaban J connectivity index is 2.20. The number of carbonyl (C=O) groups is 1. The van der Waals surface area contributed by atoms with Gasteiger partial charge < -0.3 is 14.4 Å². The molecule has 3 aromatic rings. The van der Waals surface area contributed by atoms with E-state index in [0.717, 1.165) is 3.97 Å². The first kappa shape index (κ1) is 19.0. The van der Waals surface area contributed by atoms with Gasteiger partial charge in [-0.2, -0.15) is 8.42 Å². The van der Waals surface area contributed by atoms with Crippen molar-refractivity contribution in [3.63, 3.8) is 0 Å². The second-order valence-corrected chi connectivity index (χ2v) is 7.96. The molecular formula is C18H21N3O5S. The van der Waals surface area contributed by atoms with E-state index in [2.05, 4.69) is 4.98 Å². The monoisotopic (exact) mass is 391 g/mol. The van der Waals surface area contributed by atoms with Crippen molar-refractivity contribution in [2.45, 2.75) is 31.7 Å². The van der Waals surface area contributed by atoms with Crippen molar-refractivity contribution >= 4 is 26.9 Å². The van der Waals surface area contributed by atoms with Crippen LogP contribution in [0.4, 0.5) is 0 Å². The molecular weight excluding hydrogens is 370 g/mol. The predicted molar refractivity (Wildman–Crippen MR) is 99.6 cm³/mol. The summed E-state index contributed by atoms with van der Waals surface area (Å²) >= 11 is 0. The molecule has 0 saturated heterocycles. The number of carboxylic acids is 1. The zero-order chi connectivity index (χ0) is 19.8. The van der Waals surface area contributed by atoms with Crippen molar-refractivity contribution in [1.29, 1.82) is 0 Å². The minimum atomic E-state index is -3.93. The van der Waals surface area contributed by atoms with Crippen LogP contribution in [0.2, 0.25) is 0 Å². The van der Waals surface area contributed by atoms with E-state index in [4.69, 9.17) is 9.84 Å². The van der Waals surface area contributed by atoms with Crippen LogP contribution in [0.3, 0.4) is 0 Å². The molecule has 144 valence electrons. The maximum absolute atomic E-state index is 13.2. The molecule has 1 N–H and O–H groups in total. The average molecular weight is 391 g/mol. The number of hydrogen-bond acceptors (Lipinski definition) is 5. The summed E-state index contributed by atoms with van der Waals surface area (Å²) in [6.07, 6.45) is 3.07. The van der Waals surface area contributed by atoms with E-state index in [1.165, 1.54) is 12.4 Å². The fourth-order valence-corrected chi connectivity index (χ4v) is 4.31. The minimum Gasteiger partial charge on any atom is -0.494 e. The third kappa shape index (κ3) is 3.55. The Morgan fingerprint density at radius 2 is 2.04 bits per heavy atom. The fourth-order valence-electron chi connectivity index (χ4n) is 2.89. The van der Waals surface area contributed by atoms with E-state index in [1.54, 1.807) is 36.7 Å². The van der Waals surface area contributed by atoms with Gasteiger partial charge in [0.1, 0.15) is 11.6 Å². The summed E-state index contributed by atoms with van der Waals surface area (Å²) in [5, 5.41) is 9.59. The van der Waals surface area contributed by atoms with Gasteiger partial charge in [0.15, 0.2) is 5.03 Å². The van der Waals surface area contributed by atoms with Crippen LogP contribution in [0.5, 0.6) is 5.75 Å². The van der Waals surface area contributed by atoms with Gasteiger partial charge in [0.2, 0.25) is 0 Å². The normalized spacial score (nSPS) is 11.8. The molecule has 0 aliphatic rings. The summed E-state index contributed by atoms with van der Waals surface area (Å²) in [4.78, 5) is 15.1. The summed E-state index contributed by atoms with van der Waals surface area (Å²) in [7, 11) is -2.21. The third-order valence-electron chi connectivity index (χ3n) is 4.35. The summed E-state index contributed by atoms with van der Waals surface area (Å²) < 4.78 is 34.6. The van der Waals surface area contributed by atoms with E-state index in [9.17, 15) is 13.2 Å². The molecule has 0 spiro atoms. The van der Waals surface area contributed by atoms with Crippen LogP contribution >= 0.6 is 0 Å². The van der Waals surface area contributed by atoms with Crippen LogP contribution < -0.4 is 4.74 Å². The van der Waals surface area contributed by atoms with Gasteiger partial charge in [-0.25, -0.2) is 8.96 Å². The Morgan fingerprint density at radius 3 is 2.63 bits per heavy atom. The molecule has 0 amide bonds. The molecule has 0 bridgehead atoms. The van der Waals surface area contributed by atoms with Gasteiger partial charge in [-0.3, -0.25) is 4.79 Å². The van der Waals surface area contributed by atoms with Crippen molar-refractivity contribution < 1.29 is 23.1 Å². The highest BCUT2D eigenvalue weighted by Crippen LogP contribution is 2.30. The van der Waals surface area contributed by atoms with Crippen molar-refractivity contribution in [2.75, 3.05) is 6.61 Å². The summed E-state index contributed by atoms with van der Waals surface area (Å²) in [5.41, 5.74) is 1.08. The highest BCUT2D eigenvalue weighted by atomic mass is 32.2. The second kappa shape index (κ2) is 7.07. The Morgan fingerprint density at radius 1 is 1.30 bits per heavy atom. The summed E-state index contributed by atoms with van der Waals surface area (Å²) in [5.74, 6) is 0.178. The van der Waals surface area contributed by atoms with Gasteiger partial charge in [-0.05, 0) is 38.0 Å². The molecule has 3 rings (SSSR count). The van der Waals surface area contributed by atoms with Crippen LogP contribution in [0, 0.1) is 6.92 Å². The molecule has 0 radical (unpaired) electrons. The number of benzene rings is 1. The van der Waals surface area contributed by atoms with E-state index >= 15 is 0 Å². The molecule has 0 fully saturated rings. The molecule has 1 aromatic carbocycles. The SMILES string of the molecule is CCOc1ccc2c(CCC(=O)O)cn(S(=O)(=O)c3cn(C)c(C)n3)c2c1. The van der Waals surface area contributed by atoms with E-state index in [1.807, 2.05) is 6.92 Å². The molecule has 8 nitrogen and oxygen atoms in total. The van der Waals surface area contributed by atoms with Crippen LogP contribution in [0.1, 0.15) is 24.7 Å². The van der Waals surface area contributed by atoms with Gasteiger partial charge >= 0.3 is 5.97 Å². The van der Waals surface area contributed by atoms with Crippen LogP contribution in [0.25, 0.3) is 10.9 Å². The lowest BCUT2D eigenvalue weighted by molar-refractivity contribution is -0.136. The van der Waals surface area contributed by atoms with Gasteiger partial charge in [0, 0.05) is 37.3 Å². The number of ether oxygens (including phenoxy) is 1. The van der Waals surface area contributed by atoms with Crippen molar-refractivity contribution in [3.05, 3.63) is 42.0 Å². The summed E-state index contributed by atoms with van der Waals surface area (Å²) in [6.45, 7) is 4.01. The standard InChI is InChI=1S/C18H21N3O5S/c1-4-26-14-6-7-15-13(5-8-18(22)23)10-21(16(15)9-14)27(24,25)17-11-20(3)12(2)19-17/h6-7,9-11H,4-5,8H2,1-3H3,(H,22,23). The maximum atomic E-state index is 13.2. The number of carboxylic acid groups (broad SMARTS) is 1. The fraction of sp³-hybridized carbons (Fsp3) is 0.333. The number of aromatic nitrogens is 3. The van der Waals surface area contributed by atoms with Gasteiger partial charge in [0.25, 0.3) is 10.0 Å². The molecule has 27 heavy (non-hydrogen) atoms. The first-order chi connectivity index (χ1) is 12.7. The number of aliphatic carboxylic acids is 1. The average Bonchev–Trinajstić information content (AvgIpc) is 3.14. The highest BCUT2D eigenvalue weighted by Gasteiger charge is 2.24. The number of hydrogen-bond donors (Lipinski definition) is 1. The van der Waals surface area contributed by atoms with E-state index in [0.29, 0.717) is 34.6 Å². The van der Waals surface area contributed by atoms with Crippen LogP contribution in [0.15, 0.2) is 35.6 Å². The highest BCUT2D eigenvalue weighted by molar-refractivity contribution is 7.90. The Bertz CT molecular complexity index is 1090. The lowest BCUT2D eigenvalue weighted by Gasteiger charge is -2.07. The number of imidazole rings is 1. The molecule has 2 aromatic heterocycles. The van der Waals surface area contributed by atoms with Crippen LogP contribution in [-0.4, -0.2) is 39.6 Å². The first-order valence-corrected chi connectivity index (χ1v) is 9.92. The van der Waals surface area contributed by atoms with Gasteiger partial charge in [-0.1, -0.05) is 0 Å². The molecule has 0 atom stereocenters. The predicted octanol–water partition coefficient (Wildman–Crippen LogP) is 2.34. The zero-order valence-electron chi connectivity index (χ0n) is 15.3. The van der Waals surface area contributed by atoms with Gasteiger partial charge in [0.05, 0.1) is 12.1 Å². The lowest BCUT2D eigenvalue weighted by Crippen LogP contribution is -2.12. The number of nitrogens with zero attached hydrogens (tertiary/aromatic N) is 3. The Kier molecular flexibility index (Phi) is 4.97. The molecule has 0 unspecified atom stereocenters. The first-order valence-electron chi connectivity index (χ1n) is 8.48. The Hall–Kier alpha value is -2.81. The number of aryl methyl sites for hydroxylation is 3. The number of rotatable bonds is 7. The summed E-state index contributed by atoms with van der Waals surface area (Å²) in [6, 6.07) is 5.15. The molecule has 0 aliphatic heterocycles. The minimum absolute atomic E-state index is 0.0639. The van der Waals surface area contributed by atoms with E-state index in [-0.39, 0.29) is 17.9 Å². The smallest absolute Gasteiger partial charge is 0.303 e. The zero-order valence-corrected chi connectivity index (χ0v) is 16.2. The molecule has 0 aliphatic carbocycles. The largest absolute Gasteiger partial charge is 0.494 e. The third-order valence-corrected chi connectivity index (χ3v) is 5.90. The lowest BCUT2D eigenvalue weighted by atomic mass is 10.1. The molecule has 2 heterocycles. The molecule has 0 saturated carbocycles. The van der Waals surface area contributed by atoms with Crippen molar-refractivity contribution in [3.8, 4) is 5.75 Å². The van der Waals surface area contributed by atoms with Crippen LogP contribution in [-0.2, 0) is 28.3 Å². The second-order valence-electron chi connectivity index (χ2n) is 6.20. The van der Waals surface area contributed by atoms with Gasteiger partial charge in [-0.15, -0.1) is 0 Å². The maximum Gasteiger partial charge on any atom is 0.303 e. The topological polar surface area (TPSA) is 103 Å².